The Morgan fingerprint density at radius 3 is 2.26 bits per heavy atom. The highest BCUT2D eigenvalue weighted by Crippen LogP contribution is 2.22. The summed E-state index contributed by atoms with van der Waals surface area (Å²) in [5.74, 6) is -0.924. The molecule has 1 aliphatic rings. The van der Waals surface area contributed by atoms with Gasteiger partial charge in [0, 0.05) is 31.9 Å². The number of hydrogen-bond acceptors (Lipinski definition) is 4. The molecule has 0 bridgehead atoms. The number of hydrogen-bond donors (Lipinski definition) is 0. The maximum atomic E-state index is 14.6. The van der Waals surface area contributed by atoms with Crippen LogP contribution in [0.2, 0.25) is 0 Å². The summed E-state index contributed by atoms with van der Waals surface area (Å²) >= 11 is 0. The first-order chi connectivity index (χ1) is 16.5. The number of piperazine rings is 1. The van der Waals surface area contributed by atoms with E-state index in [1.54, 1.807) is 59.5 Å². The summed E-state index contributed by atoms with van der Waals surface area (Å²) in [5, 5.41) is 0.372. The molecule has 3 aromatic carbocycles. The van der Waals surface area contributed by atoms with Crippen molar-refractivity contribution < 1.29 is 13.6 Å². The van der Waals surface area contributed by atoms with Gasteiger partial charge in [-0.05, 0) is 48.5 Å². The quantitative estimate of drug-likeness (QED) is 0.466. The third kappa shape index (κ3) is 4.14. The molecule has 172 valence electrons. The zero-order valence-electron chi connectivity index (χ0n) is 18.3. The summed E-state index contributed by atoms with van der Waals surface area (Å²) in [6.07, 6.45) is 0. The first-order valence-corrected chi connectivity index (χ1v) is 11.0. The third-order valence-electron chi connectivity index (χ3n) is 6.09. The van der Waals surface area contributed by atoms with Gasteiger partial charge in [-0.2, -0.15) is 0 Å². The number of halogens is 2. The molecule has 0 atom stereocenters. The van der Waals surface area contributed by atoms with Gasteiger partial charge in [-0.3, -0.25) is 14.2 Å². The molecule has 1 amide bonds. The number of nitrogens with zero attached hydrogens (tertiary/aromatic N) is 4. The highest BCUT2D eigenvalue weighted by molar-refractivity contribution is 5.82. The summed E-state index contributed by atoms with van der Waals surface area (Å²) in [7, 11) is 0. The van der Waals surface area contributed by atoms with E-state index in [2.05, 4.69) is 9.88 Å². The lowest BCUT2D eigenvalue weighted by Gasteiger charge is -2.36. The molecule has 0 aliphatic carbocycles. The van der Waals surface area contributed by atoms with E-state index >= 15 is 0 Å². The van der Waals surface area contributed by atoms with Crippen LogP contribution in [0.25, 0.3) is 22.3 Å². The summed E-state index contributed by atoms with van der Waals surface area (Å²) in [6.45, 7) is 1.85. The van der Waals surface area contributed by atoms with Crippen LogP contribution in [0, 0.1) is 11.6 Å². The van der Waals surface area contributed by atoms with Gasteiger partial charge in [-0.1, -0.05) is 24.3 Å². The van der Waals surface area contributed by atoms with Gasteiger partial charge in [0.1, 0.15) is 24.0 Å². The molecule has 1 aliphatic heterocycles. The van der Waals surface area contributed by atoms with Crippen LogP contribution >= 0.6 is 0 Å². The SMILES string of the molecule is O=C(Cn1c(-c2ccccc2F)nc2ccccc2c1=O)N1CCN(c2ccc(F)cc2)CC1. The first kappa shape index (κ1) is 21.8. The number of carbonyl (C=O) groups excluding carboxylic acids is 1. The molecule has 1 saturated heterocycles. The standard InChI is InChI=1S/C26H22F2N4O2/c27-18-9-11-19(12-10-18)30-13-15-31(16-14-30)24(33)17-32-25(20-5-1-3-7-22(20)28)29-23-8-4-2-6-21(23)26(32)34/h1-12H,13-17H2. The van der Waals surface area contributed by atoms with Crippen molar-refractivity contribution in [2.75, 3.05) is 31.1 Å². The molecule has 0 saturated carbocycles. The lowest BCUT2D eigenvalue weighted by atomic mass is 10.1. The predicted molar refractivity (Wildman–Crippen MR) is 127 cm³/mol. The number of benzene rings is 3. The second kappa shape index (κ2) is 9.05. The Morgan fingerprint density at radius 2 is 1.53 bits per heavy atom. The Morgan fingerprint density at radius 1 is 0.853 bits per heavy atom. The van der Waals surface area contributed by atoms with E-state index in [0.29, 0.717) is 37.1 Å². The summed E-state index contributed by atoms with van der Waals surface area (Å²) in [5.41, 5.74) is 1.12. The van der Waals surface area contributed by atoms with Crippen molar-refractivity contribution in [3.05, 3.63) is 94.8 Å². The van der Waals surface area contributed by atoms with Crippen LogP contribution in [-0.4, -0.2) is 46.5 Å². The number of rotatable bonds is 4. The molecule has 1 aromatic heterocycles. The van der Waals surface area contributed by atoms with Crippen LogP contribution in [-0.2, 0) is 11.3 Å². The lowest BCUT2D eigenvalue weighted by molar-refractivity contribution is -0.132. The van der Waals surface area contributed by atoms with Crippen molar-refractivity contribution in [3.8, 4) is 11.4 Å². The average Bonchev–Trinajstić information content (AvgIpc) is 2.86. The van der Waals surface area contributed by atoms with Crippen LogP contribution in [0.1, 0.15) is 0 Å². The molecule has 4 aromatic rings. The summed E-state index contributed by atoms with van der Waals surface area (Å²) < 4.78 is 29.1. The molecule has 8 heteroatoms. The number of amides is 1. The van der Waals surface area contributed by atoms with E-state index in [-0.39, 0.29) is 35.2 Å². The lowest BCUT2D eigenvalue weighted by Crippen LogP contribution is -2.50. The van der Waals surface area contributed by atoms with E-state index in [1.807, 2.05) is 0 Å². The largest absolute Gasteiger partial charge is 0.368 e. The van der Waals surface area contributed by atoms with Crippen molar-refractivity contribution >= 4 is 22.5 Å². The number of carbonyl (C=O) groups is 1. The smallest absolute Gasteiger partial charge is 0.262 e. The molecule has 2 heterocycles. The van der Waals surface area contributed by atoms with Gasteiger partial charge in [0.15, 0.2) is 0 Å². The molecule has 5 rings (SSSR count). The molecule has 0 radical (unpaired) electrons. The third-order valence-corrected chi connectivity index (χ3v) is 6.09. The molecular formula is C26H22F2N4O2. The van der Waals surface area contributed by atoms with Crippen molar-refractivity contribution in [3.63, 3.8) is 0 Å². The Bertz CT molecular complexity index is 1410. The molecular weight excluding hydrogens is 438 g/mol. The van der Waals surface area contributed by atoms with E-state index < -0.39 is 5.82 Å². The maximum absolute atomic E-state index is 14.6. The second-order valence-electron chi connectivity index (χ2n) is 8.17. The molecule has 0 spiro atoms. The van der Waals surface area contributed by atoms with Crippen LogP contribution in [0.4, 0.5) is 14.5 Å². The van der Waals surface area contributed by atoms with Gasteiger partial charge >= 0.3 is 0 Å². The average molecular weight is 460 g/mol. The van der Waals surface area contributed by atoms with E-state index in [9.17, 15) is 18.4 Å². The highest BCUT2D eigenvalue weighted by atomic mass is 19.1. The fourth-order valence-corrected chi connectivity index (χ4v) is 4.26. The van der Waals surface area contributed by atoms with Crippen molar-refractivity contribution in [2.45, 2.75) is 6.54 Å². The minimum atomic E-state index is -0.515. The zero-order valence-corrected chi connectivity index (χ0v) is 18.3. The first-order valence-electron chi connectivity index (χ1n) is 11.0. The number of fused-ring (bicyclic) bond motifs is 1. The predicted octanol–water partition coefficient (Wildman–Crippen LogP) is 3.69. The topological polar surface area (TPSA) is 58.4 Å². The normalized spacial score (nSPS) is 13.9. The Labute approximate surface area is 194 Å². The Kier molecular flexibility index (Phi) is 5.79. The highest BCUT2D eigenvalue weighted by Gasteiger charge is 2.24. The van der Waals surface area contributed by atoms with Crippen LogP contribution in [0.15, 0.2) is 77.6 Å². The van der Waals surface area contributed by atoms with Gasteiger partial charge in [-0.15, -0.1) is 0 Å². The van der Waals surface area contributed by atoms with Crippen LogP contribution in [0.5, 0.6) is 0 Å². The van der Waals surface area contributed by atoms with E-state index in [4.69, 9.17) is 0 Å². The van der Waals surface area contributed by atoms with Gasteiger partial charge in [0.05, 0.1) is 16.5 Å². The minimum Gasteiger partial charge on any atom is -0.368 e. The van der Waals surface area contributed by atoms with E-state index in [1.165, 1.54) is 22.8 Å². The number of aromatic nitrogens is 2. The van der Waals surface area contributed by atoms with Crippen molar-refractivity contribution in [1.29, 1.82) is 0 Å². The number of anilines is 1. The summed E-state index contributed by atoms with van der Waals surface area (Å²) in [6, 6.07) is 19.2. The fraction of sp³-hybridized carbons (Fsp3) is 0.192. The summed E-state index contributed by atoms with van der Waals surface area (Å²) in [4.78, 5) is 34.8. The van der Waals surface area contributed by atoms with Crippen molar-refractivity contribution in [2.24, 2.45) is 0 Å². The molecule has 1 fully saturated rings. The molecule has 0 N–H and O–H groups in total. The van der Waals surface area contributed by atoms with Gasteiger partial charge in [0.2, 0.25) is 5.91 Å². The van der Waals surface area contributed by atoms with Crippen LogP contribution < -0.4 is 10.5 Å². The van der Waals surface area contributed by atoms with Gasteiger partial charge < -0.3 is 9.80 Å². The molecule has 0 unspecified atom stereocenters. The molecule has 34 heavy (non-hydrogen) atoms. The second-order valence-corrected chi connectivity index (χ2v) is 8.17. The Balaban J connectivity index is 1.42. The monoisotopic (exact) mass is 460 g/mol. The van der Waals surface area contributed by atoms with Crippen LogP contribution in [0.3, 0.4) is 0 Å². The molecule has 6 nitrogen and oxygen atoms in total. The number of para-hydroxylation sites is 1. The van der Waals surface area contributed by atoms with Crippen molar-refractivity contribution in [1.82, 2.24) is 14.5 Å². The Hall–Kier alpha value is -4.07. The fourth-order valence-electron chi connectivity index (χ4n) is 4.26. The maximum Gasteiger partial charge on any atom is 0.262 e. The van der Waals surface area contributed by atoms with Gasteiger partial charge in [-0.25, -0.2) is 13.8 Å². The van der Waals surface area contributed by atoms with Gasteiger partial charge in [0.25, 0.3) is 5.56 Å². The van der Waals surface area contributed by atoms with E-state index in [0.717, 1.165) is 5.69 Å². The minimum absolute atomic E-state index is 0.125. The zero-order chi connectivity index (χ0) is 23.7.